The summed E-state index contributed by atoms with van der Waals surface area (Å²) in [6.45, 7) is 6.12. The molecule has 2 nitrogen and oxygen atoms in total. The summed E-state index contributed by atoms with van der Waals surface area (Å²) in [7, 11) is 0. The van der Waals surface area contributed by atoms with E-state index in [-0.39, 0.29) is 0 Å². The SMILES string of the molecule is CC(C)CCCOCCc1nc(CCl)cs1. The Kier molecular flexibility index (Phi) is 7.01. The van der Waals surface area contributed by atoms with Crippen LogP contribution in [0.5, 0.6) is 0 Å². The van der Waals surface area contributed by atoms with Crippen molar-refractivity contribution in [2.45, 2.75) is 39.0 Å². The molecular weight excluding hydrogens is 242 g/mol. The number of ether oxygens (including phenoxy) is 1. The first-order valence-corrected chi connectivity index (χ1v) is 7.20. The second-order valence-electron chi connectivity index (χ2n) is 4.26. The van der Waals surface area contributed by atoms with Crippen molar-refractivity contribution < 1.29 is 4.74 Å². The quantitative estimate of drug-likeness (QED) is 0.523. The van der Waals surface area contributed by atoms with Crippen LogP contribution in [0.4, 0.5) is 0 Å². The molecule has 1 aromatic heterocycles. The lowest BCUT2D eigenvalue weighted by Gasteiger charge is -2.04. The molecule has 16 heavy (non-hydrogen) atoms. The Hall–Kier alpha value is -0.120. The average Bonchev–Trinajstić information content (AvgIpc) is 2.70. The predicted octanol–water partition coefficient (Wildman–Crippen LogP) is 3.88. The highest BCUT2D eigenvalue weighted by molar-refractivity contribution is 7.09. The van der Waals surface area contributed by atoms with Gasteiger partial charge in [-0.25, -0.2) is 4.98 Å². The summed E-state index contributed by atoms with van der Waals surface area (Å²) < 4.78 is 5.56. The number of hydrogen-bond donors (Lipinski definition) is 0. The predicted molar refractivity (Wildman–Crippen MR) is 70.3 cm³/mol. The van der Waals surface area contributed by atoms with Crippen molar-refractivity contribution in [3.63, 3.8) is 0 Å². The van der Waals surface area contributed by atoms with Crippen molar-refractivity contribution >= 4 is 22.9 Å². The maximum absolute atomic E-state index is 5.69. The lowest BCUT2D eigenvalue weighted by atomic mass is 10.1. The average molecular weight is 262 g/mol. The van der Waals surface area contributed by atoms with Gasteiger partial charge in [0.1, 0.15) is 0 Å². The van der Waals surface area contributed by atoms with E-state index in [2.05, 4.69) is 18.8 Å². The van der Waals surface area contributed by atoms with E-state index in [1.807, 2.05) is 5.38 Å². The van der Waals surface area contributed by atoms with Crippen molar-refractivity contribution in [2.24, 2.45) is 5.92 Å². The number of thiazole rings is 1. The maximum atomic E-state index is 5.69. The second kappa shape index (κ2) is 8.04. The Morgan fingerprint density at radius 2 is 2.25 bits per heavy atom. The summed E-state index contributed by atoms with van der Waals surface area (Å²) in [6.07, 6.45) is 3.30. The normalized spacial score (nSPS) is 11.2. The molecule has 0 bridgehead atoms. The zero-order valence-electron chi connectivity index (χ0n) is 10.0. The first-order valence-electron chi connectivity index (χ1n) is 5.79. The molecule has 0 amide bonds. The molecule has 0 N–H and O–H groups in total. The zero-order chi connectivity index (χ0) is 11.8. The fraction of sp³-hybridized carbons (Fsp3) is 0.750. The molecule has 4 heteroatoms. The van der Waals surface area contributed by atoms with E-state index < -0.39 is 0 Å². The number of nitrogens with zero attached hydrogens (tertiary/aromatic N) is 1. The van der Waals surface area contributed by atoms with Gasteiger partial charge in [0.25, 0.3) is 0 Å². The third kappa shape index (κ3) is 5.83. The van der Waals surface area contributed by atoms with Gasteiger partial charge in [0.05, 0.1) is 23.2 Å². The molecule has 0 aliphatic rings. The molecule has 0 atom stereocenters. The van der Waals surface area contributed by atoms with Crippen LogP contribution in [0.3, 0.4) is 0 Å². The van der Waals surface area contributed by atoms with Crippen LogP contribution in [0.2, 0.25) is 0 Å². The van der Waals surface area contributed by atoms with Gasteiger partial charge in [-0.1, -0.05) is 13.8 Å². The van der Waals surface area contributed by atoms with Crippen LogP contribution in [-0.4, -0.2) is 18.2 Å². The van der Waals surface area contributed by atoms with E-state index in [0.717, 1.165) is 42.7 Å². The molecule has 1 heterocycles. The van der Waals surface area contributed by atoms with Crippen LogP contribution in [0, 0.1) is 5.92 Å². The Labute approximate surface area is 107 Å². The third-order valence-corrected chi connectivity index (χ3v) is 3.50. The molecule has 92 valence electrons. The van der Waals surface area contributed by atoms with Gasteiger partial charge in [0.2, 0.25) is 0 Å². The van der Waals surface area contributed by atoms with E-state index in [0.29, 0.717) is 5.88 Å². The highest BCUT2D eigenvalue weighted by Gasteiger charge is 2.01. The van der Waals surface area contributed by atoms with E-state index in [1.54, 1.807) is 11.3 Å². The molecule has 0 spiro atoms. The van der Waals surface area contributed by atoms with Crippen molar-refractivity contribution in [3.8, 4) is 0 Å². The van der Waals surface area contributed by atoms with Crippen LogP contribution in [0.25, 0.3) is 0 Å². The number of rotatable bonds is 8. The molecule has 0 fully saturated rings. The Bertz CT molecular complexity index is 288. The summed E-state index contributed by atoms with van der Waals surface area (Å²) in [5, 5.41) is 3.14. The summed E-state index contributed by atoms with van der Waals surface area (Å²) in [6, 6.07) is 0. The Morgan fingerprint density at radius 1 is 1.44 bits per heavy atom. The topological polar surface area (TPSA) is 22.1 Å². The van der Waals surface area contributed by atoms with Gasteiger partial charge in [0, 0.05) is 18.4 Å². The molecular formula is C12H20ClNOS. The van der Waals surface area contributed by atoms with E-state index in [9.17, 15) is 0 Å². The molecule has 0 unspecified atom stereocenters. The van der Waals surface area contributed by atoms with E-state index in [1.165, 1.54) is 6.42 Å². The standard InChI is InChI=1S/C12H20ClNOS/c1-10(2)4-3-6-15-7-5-12-14-11(8-13)9-16-12/h9-10H,3-8H2,1-2H3. The minimum atomic E-state index is 0.506. The summed E-state index contributed by atoms with van der Waals surface area (Å²) in [5.74, 6) is 1.28. The second-order valence-corrected chi connectivity index (χ2v) is 5.47. The van der Waals surface area contributed by atoms with Gasteiger partial charge >= 0.3 is 0 Å². The lowest BCUT2D eigenvalue weighted by molar-refractivity contribution is 0.130. The van der Waals surface area contributed by atoms with Gasteiger partial charge in [0.15, 0.2) is 0 Å². The number of halogens is 1. The van der Waals surface area contributed by atoms with Gasteiger partial charge in [-0.2, -0.15) is 0 Å². The Morgan fingerprint density at radius 3 is 2.88 bits per heavy atom. The monoisotopic (exact) mass is 261 g/mol. The fourth-order valence-electron chi connectivity index (χ4n) is 1.38. The van der Waals surface area contributed by atoms with Crippen LogP contribution in [-0.2, 0) is 17.0 Å². The molecule has 0 aliphatic heterocycles. The highest BCUT2D eigenvalue weighted by Crippen LogP contribution is 2.12. The van der Waals surface area contributed by atoms with Gasteiger partial charge in [-0.3, -0.25) is 0 Å². The minimum absolute atomic E-state index is 0.506. The fourth-order valence-corrected chi connectivity index (χ4v) is 2.39. The molecule has 0 saturated heterocycles. The van der Waals surface area contributed by atoms with Crippen LogP contribution < -0.4 is 0 Å². The van der Waals surface area contributed by atoms with Crippen molar-refractivity contribution in [3.05, 3.63) is 16.1 Å². The Balaban J connectivity index is 2.02. The van der Waals surface area contributed by atoms with E-state index in [4.69, 9.17) is 16.3 Å². The molecule has 0 aliphatic carbocycles. The van der Waals surface area contributed by atoms with Crippen molar-refractivity contribution in [1.82, 2.24) is 4.98 Å². The largest absolute Gasteiger partial charge is 0.381 e. The van der Waals surface area contributed by atoms with Crippen molar-refractivity contribution in [1.29, 1.82) is 0 Å². The van der Waals surface area contributed by atoms with Crippen molar-refractivity contribution in [2.75, 3.05) is 13.2 Å². The molecule has 0 aromatic carbocycles. The smallest absolute Gasteiger partial charge is 0.0951 e. The molecule has 1 aromatic rings. The highest BCUT2D eigenvalue weighted by atomic mass is 35.5. The first-order chi connectivity index (χ1) is 7.72. The summed E-state index contributed by atoms with van der Waals surface area (Å²) >= 11 is 7.35. The number of hydrogen-bond acceptors (Lipinski definition) is 3. The number of aromatic nitrogens is 1. The number of alkyl halides is 1. The molecule has 1 rings (SSSR count). The zero-order valence-corrected chi connectivity index (χ0v) is 11.6. The lowest BCUT2D eigenvalue weighted by Crippen LogP contribution is -2.01. The van der Waals surface area contributed by atoms with Crippen LogP contribution in [0.1, 0.15) is 37.4 Å². The summed E-state index contributed by atoms with van der Waals surface area (Å²) in [5.41, 5.74) is 0.974. The van der Waals surface area contributed by atoms with E-state index >= 15 is 0 Å². The maximum Gasteiger partial charge on any atom is 0.0951 e. The van der Waals surface area contributed by atoms with Gasteiger partial charge in [-0.15, -0.1) is 22.9 Å². The minimum Gasteiger partial charge on any atom is -0.381 e. The van der Waals surface area contributed by atoms with Crippen LogP contribution in [0.15, 0.2) is 5.38 Å². The first kappa shape index (κ1) is 13.9. The molecule has 0 radical (unpaired) electrons. The summed E-state index contributed by atoms with van der Waals surface area (Å²) in [4.78, 5) is 4.38. The molecule has 0 saturated carbocycles. The van der Waals surface area contributed by atoms with Gasteiger partial charge in [-0.05, 0) is 18.8 Å². The van der Waals surface area contributed by atoms with Gasteiger partial charge < -0.3 is 4.74 Å². The third-order valence-electron chi connectivity index (χ3n) is 2.27. The van der Waals surface area contributed by atoms with Crippen LogP contribution >= 0.6 is 22.9 Å².